The van der Waals surface area contributed by atoms with Gasteiger partial charge in [-0.05, 0) is 12.8 Å². The molecule has 1 aromatic heterocycles. The van der Waals surface area contributed by atoms with Gasteiger partial charge in [0.05, 0.1) is 12.8 Å². The van der Waals surface area contributed by atoms with Crippen molar-refractivity contribution >= 4 is 21.5 Å². The standard InChI is InChI=1S/C10H17N3OS/c11-9-7-12-10(15-9)13(5-6-14)8-3-1-2-4-8/h7-8,14H,1-6,11H2. The van der Waals surface area contributed by atoms with Crippen LogP contribution in [-0.4, -0.2) is 29.3 Å². The monoisotopic (exact) mass is 227 g/mol. The van der Waals surface area contributed by atoms with Crippen molar-refractivity contribution in [2.24, 2.45) is 0 Å². The number of aromatic nitrogens is 1. The minimum atomic E-state index is 0.177. The molecule has 0 atom stereocenters. The largest absolute Gasteiger partial charge is 0.395 e. The fraction of sp³-hybridized carbons (Fsp3) is 0.700. The Labute approximate surface area is 93.7 Å². The van der Waals surface area contributed by atoms with Crippen molar-refractivity contribution in [2.75, 3.05) is 23.8 Å². The van der Waals surface area contributed by atoms with Crippen molar-refractivity contribution in [3.63, 3.8) is 0 Å². The predicted octanol–water partition coefficient (Wildman–Crippen LogP) is 1.47. The summed E-state index contributed by atoms with van der Waals surface area (Å²) in [6.45, 7) is 0.841. The second kappa shape index (κ2) is 4.81. The van der Waals surface area contributed by atoms with E-state index >= 15 is 0 Å². The van der Waals surface area contributed by atoms with Gasteiger partial charge in [0, 0.05) is 12.6 Å². The molecule has 15 heavy (non-hydrogen) atoms. The molecule has 0 amide bonds. The number of nitrogens with two attached hydrogens (primary N) is 1. The van der Waals surface area contributed by atoms with E-state index in [1.165, 1.54) is 37.0 Å². The van der Waals surface area contributed by atoms with Crippen molar-refractivity contribution in [3.8, 4) is 0 Å². The first-order valence-electron chi connectivity index (χ1n) is 5.40. The molecule has 0 spiro atoms. The number of thiazole rings is 1. The third-order valence-electron chi connectivity index (χ3n) is 2.86. The molecule has 0 aliphatic heterocycles. The number of aliphatic hydroxyl groups is 1. The van der Waals surface area contributed by atoms with Crippen molar-refractivity contribution in [2.45, 2.75) is 31.7 Å². The maximum atomic E-state index is 9.07. The lowest BCUT2D eigenvalue weighted by atomic mass is 10.2. The number of nitrogens with zero attached hydrogens (tertiary/aromatic N) is 2. The van der Waals surface area contributed by atoms with Crippen LogP contribution in [0.5, 0.6) is 0 Å². The van der Waals surface area contributed by atoms with Crippen LogP contribution in [0.15, 0.2) is 6.20 Å². The summed E-state index contributed by atoms with van der Waals surface area (Å²) in [4.78, 5) is 6.49. The fourth-order valence-corrected chi connectivity index (χ4v) is 2.95. The zero-order valence-corrected chi connectivity index (χ0v) is 9.54. The number of aliphatic hydroxyl groups excluding tert-OH is 1. The third kappa shape index (κ3) is 2.41. The lowest BCUT2D eigenvalue weighted by Gasteiger charge is -2.27. The lowest BCUT2D eigenvalue weighted by Crippen LogP contribution is -2.35. The molecule has 4 nitrogen and oxygen atoms in total. The average molecular weight is 227 g/mol. The van der Waals surface area contributed by atoms with Gasteiger partial charge in [0.1, 0.15) is 5.00 Å². The number of hydrogen-bond donors (Lipinski definition) is 2. The summed E-state index contributed by atoms with van der Waals surface area (Å²) in [5.41, 5.74) is 5.68. The first-order chi connectivity index (χ1) is 7.31. The maximum Gasteiger partial charge on any atom is 0.187 e. The minimum absolute atomic E-state index is 0.177. The summed E-state index contributed by atoms with van der Waals surface area (Å²) < 4.78 is 0. The molecule has 0 unspecified atom stereocenters. The Morgan fingerprint density at radius 2 is 2.27 bits per heavy atom. The highest BCUT2D eigenvalue weighted by Crippen LogP contribution is 2.31. The van der Waals surface area contributed by atoms with Gasteiger partial charge >= 0.3 is 0 Å². The van der Waals surface area contributed by atoms with Crippen LogP contribution in [0.2, 0.25) is 0 Å². The molecule has 1 aliphatic rings. The summed E-state index contributed by atoms with van der Waals surface area (Å²) in [7, 11) is 0. The van der Waals surface area contributed by atoms with Gasteiger partial charge in [-0.2, -0.15) is 0 Å². The lowest BCUT2D eigenvalue weighted by molar-refractivity contribution is 0.297. The molecular weight excluding hydrogens is 210 g/mol. The number of anilines is 2. The van der Waals surface area contributed by atoms with Crippen molar-refractivity contribution < 1.29 is 5.11 Å². The second-order valence-electron chi connectivity index (χ2n) is 3.90. The summed E-state index contributed by atoms with van der Waals surface area (Å²) in [5.74, 6) is 0. The molecule has 1 fully saturated rings. The fourth-order valence-electron chi connectivity index (χ4n) is 2.17. The molecule has 2 rings (SSSR count). The van der Waals surface area contributed by atoms with E-state index in [4.69, 9.17) is 10.8 Å². The number of nitrogen functional groups attached to an aromatic ring is 1. The van der Waals surface area contributed by atoms with Crippen LogP contribution in [0.4, 0.5) is 10.1 Å². The Balaban J connectivity index is 2.11. The van der Waals surface area contributed by atoms with Gasteiger partial charge in [0.15, 0.2) is 5.13 Å². The van der Waals surface area contributed by atoms with Gasteiger partial charge in [-0.1, -0.05) is 24.2 Å². The molecule has 84 valence electrons. The first kappa shape index (κ1) is 10.7. The van der Waals surface area contributed by atoms with Crippen LogP contribution in [0.25, 0.3) is 0 Å². The Bertz CT molecular complexity index is 309. The zero-order chi connectivity index (χ0) is 10.7. The molecule has 3 N–H and O–H groups in total. The molecular formula is C10H17N3OS. The molecule has 0 bridgehead atoms. The molecule has 1 aliphatic carbocycles. The van der Waals surface area contributed by atoms with Crippen LogP contribution in [0, 0.1) is 0 Å². The quantitative estimate of drug-likeness (QED) is 0.817. The van der Waals surface area contributed by atoms with Crippen LogP contribution in [-0.2, 0) is 0 Å². The van der Waals surface area contributed by atoms with Crippen LogP contribution in [0.3, 0.4) is 0 Å². The van der Waals surface area contributed by atoms with Gasteiger partial charge in [0.2, 0.25) is 0 Å². The highest BCUT2D eigenvalue weighted by atomic mass is 32.1. The van der Waals surface area contributed by atoms with Gasteiger partial charge in [-0.15, -0.1) is 0 Å². The average Bonchev–Trinajstić information content (AvgIpc) is 2.85. The SMILES string of the molecule is Nc1cnc(N(CCO)C2CCCC2)s1. The van der Waals surface area contributed by atoms with E-state index in [1.54, 1.807) is 6.20 Å². The zero-order valence-electron chi connectivity index (χ0n) is 8.72. The van der Waals surface area contributed by atoms with E-state index in [1.807, 2.05) is 0 Å². The van der Waals surface area contributed by atoms with E-state index in [-0.39, 0.29) is 6.61 Å². The molecule has 1 aromatic rings. The van der Waals surface area contributed by atoms with E-state index in [0.29, 0.717) is 12.6 Å². The topological polar surface area (TPSA) is 62.4 Å². The predicted molar refractivity (Wildman–Crippen MR) is 63.2 cm³/mol. The van der Waals surface area contributed by atoms with Crippen molar-refractivity contribution in [1.29, 1.82) is 0 Å². The molecule has 0 saturated heterocycles. The first-order valence-corrected chi connectivity index (χ1v) is 6.21. The molecule has 0 radical (unpaired) electrons. The van der Waals surface area contributed by atoms with E-state index in [9.17, 15) is 0 Å². The van der Waals surface area contributed by atoms with Crippen LogP contribution in [0.1, 0.15) is 25.7 Å². The smallest absolute Gasteiger partial charge is 0.187 e. The van der Waals surface area contributed by atoms with Crippen molar-refractivity contribution in [1.82, 2.24) is 4.98 Å². The molecule has 5 heteroatoms. The van der Waals surface area contributed by atoms with Crippen molar-refractivity contribution in [3.05, 3.63) is 6.20 Å². The Morgan fingerprint density at radius 1 is 1.53 bits per heavy atom. The summed E-state index contributed by atoms with van der Waals surface area (Å²) >= 11 is 1.50. The summed E-state index contributed by atoms with van der Waals surface area (Å²) in [6, 6.07) is 0.544. The van der Waals surface area contributed by atoms with Gasteiger partial charge in [-0.25, -0.2) is 4.98 Å². The normalized spacial score (nSPS) is 17.1. The Hall–Kier alpha value is -0.810. The van der Waals surface area contributed by atoms with Gasteiger partial charge < -0.3 is 15.7 Å². The highest BCUT2D eigenvalue weighted by Gasteiger charge is 2.24. The third-order valence-corrected chi connectivity index (χ3v) is 3.73. The van der Waals surface area contributed by atoms with Gasteiger partial charge in [0.25, 0.3) is 0 Å². The van der Waals surface area contributed by atoms with Crippen LogP contribution < -0.4 is 10.6 Å². The molecule has 1 saturated carbocycles. The number of hydrogen-bond acceptors (Lipinski definition) is 5. The maximum absolute atomic E-state index is 9.07. The number of rotatable bonds is 4. The van der Waals surface area contributed by atoms with E-state index in [2.05, 4.69) is 9.88 Å². The highest BCUT2D eigenvalue weighted by molar-refractivity contribution is 7.19. The van der Waals surface area contributed by atoms with Crippen LogP contribution >= 0.6 is 11.3 Å². The second-order valence-corrected chi connectivity index (χ2v) is 4.94. The minimum Gasteiger partial charge on any atom is -0.395 e. The Kier molecular flexibility index (Phi) is 3.43. The molecule has 0 aromatic carbocycles. The molecule has 1 heterocycles. The van der Waals surface area contributed by atoms with E-state index in [0.717, 1.165) is 10.1 Å². The summed E-state index contributed by atoms with van der Waals surface area (Å²) in [5, 5.41) is 10.8. The van der Waals surface area contributed by atoms with Gasteiger partial charge in [-0.3, -0.25) is 0 Å². The summed E-state index contributed by atoms with van der Waals surface area (Å²) in [6.07, 6.45) is 6.68. The Morgan fingerprint density at radius 3 is 2.80 bits per heavy atom. The van der Waals surface area contributed by atoms with E-state index < -0.39 is 0 Å².